The van der Waals surface area contributed by atoms with Gasteiger partial charge in [0.25, 0.3) is 17.4 Å². The molecule has 1 aliphatic heterocycles. The van der Waals surface area contributed by atoms with Gasteiger partial charge in [-0.15, -0.1) is 0 Å². The van der Waals surface area contributed by atoms with Crippen LogP contribution in [0.15, 0.2) is 48.0 Å². The number of hydrogen-bond donors (Lipinski definition) is 3. The number of phenols is 1. The molecule has 33 heavy (non-hydrogen) atoms. The van der Waals surface area contributed by atoms with Crippen molar-refractivity contribution in [3.63, 3.8) is 0 Å². The number of likely N-dealkylation sites (tertiary alicyclic amines) is 1. The molecule has 2 aromatic carbocycles. The molecule has 174 valence electrons. The monoisotopic (exact) mass is 458 g/mol. The van der Waals surface area contributed by atoms with E-state index in [1.807, 2.05) is 0 Å². The molecule has 3 rings (SSSR count). The van der Waals surface area contributed by atoms with E-state index in [0.717, 1.165) is 6.07 Å². The predicted octanol–water partition coefficient (Wildman–Crippen LogP) is 1.74. The van der Waals surface area contributed by atoms with Crippen molar-refractivity contribution < 1.29 is 39.3 Å². The second-order valence-corrected chi connectivity index (χ2v) is 7.07. The number of methoxy groups -OCH3 is 1. The Kier molecular flexibility index (Phi) is 7.26. The summed E-state index contributed by atoms with van der Waals surface area (Å²) in [5.41, 5.74) is -0.212. The Hall–Kier alpha value is -3.96. The molecule has 0 aliphatic carbocycles. The fourth-order valence-electron chi connectivity index (χ4n) is 3.57. The number of benzene rings is 2. The number of amides is 1. The molecule has 11 heteroatoms. The zero-order valence-electron chi connectivity index (χ0n) is 17.6. The maximum Gasteiger partial charge on any atom is 0.295 e. The molecule has 1 amide bonds. The van der Waals surface area contributed by atoms with E-state index in [9.17, 15) is 29.9 Å². The van der Waals surface area contributed by atoms with Crippen LogP contribution in [0.2, 0.25) is 0 Å². The van der Waals surface area contributed by atoms with Crippen LogP contribution in [-0.2, 0) is 14.3 Å². The van der Waals surface area contributed by atoms with E-state index in [-0.39, 0.29) is 54.7 Å². The van der Waals surface area contributed by atoms with Gasteiger partial charge in [-0.05, 0) is 17.7 Å². The highest BCUT2D eigenvalue weighted by atomic mass is 16.6. The molecule has 1 aliphatic rings. The van der Waals surface area contributed by atoms with Crippen molar-refractivity contribution in [3.05, 3.63) is 69.3 Å². The highest BCUT2D eigenvalue weighted by Crippen LogP contribution is 2.41. The molecule has 0 spiro atoms. The van der Waals surface area contributed by atoms with E-state index >= 15 is 0 Å². The molecule has 0 bridgehead atoms. The topological polar surface area (TPSA) is 160 Å². The average molecular weight is 458 g/mol. The summed E-state index contributed by atoms with van der Waals surface area (Å²) >= 11 is 0. The van der Waals surface area contributed by atoms with E-state index in [1.165, 1.54) is 48.4 Å². The van der Waals surface area contributed by atoms with Gasteiger partial charge in [0.1, 0.15) is 5.76 Å². The first-order valence-electron chi connectivity index (χ1n) is 9.88. The van der Waals surface area contributed by atoms with Gasteiger partial charge in [-0.1, -0.05) is 18.2 Å². The number of aliphatic hydroxyl groups excluding tert-OH is 2. The smallest absolute Gasteiger partial charge is 0.295 e. The van der Waals surface area contributed by atoms with Crippen LogP contribution in [0.1, 0.15) is 17.2 Å². The highest BCUT2D eigenvalue weighted by molar-refractivity contribution is 6.46. The number of phenolic OH excluding ortho intramolecular Hbond substituents is 1. The van der Waals surface area contributed by atoms with Crippen molar-refractivity contribution in [3.8, 4) is 11.5 Å². The van der Waals surface area contributed by atoms with Crippen molar-refractivity contribution in [1.29, 1.82) is 0 Å². The lowest BCUT2D eigenvalue weighted by molar-refractivity contribution is -0.384. The van der Waals surface area contributed by atoms with Crippen LogP contribution >= 0.6 is 0 Å². The van der Waals surface area contributed by atoms with E-state index < -0.39 is 28.4 Å². The second kappa shape index (κ2) is 10.1. The molecule has 1 fully saturated rings. The number of hydrogen-bond acceptors (Lipinski definition) is 9. The molecule has 1 heterocycles. The minimum atomic E-state index is -1.07. The summed E-state index contributed by atoms with van der Waals surface area (Å²) in [6.07, 6.45) is 0. The first kappa shape index (κ1) is 23.7. The molecule has 11 nitrogen and oxygen atoms in total. The van der Waals surface area contributed by atoms with Gasteiger partial charge in [0, 0.05) is 24.2 Å². The Morgan fingerprint density at radius 2 is 1.94 bits per heavy atom. The number of aromatic hydroxyl groups is 1. The minimum Gasteiger partial charge on any atom is -0.507 e. The van der Waals surface area contributed by atoms with E-state index in [4.69, 9.17) is 14.6 Å². The van der Waals surface area contributed by atoms with Crippen LogP contribution in [0.25, 0.3) is 5.76 Å². The number of rotatable bonds is 9. The van der Waals surface area contributed by atoms with Crippen molar-refractivity contribution in [2.75, 3.05) is 33.5 Å². The molecular weight excluding hydrogens is 436 g/mol. The van der Waals surface area contributed by atoms with E-state index in [1.54, 1.807) is 0 Å². The van der Waals surface area contributed by atoms with Crippen LogP contribution in [0.3, 0.4) is 0 Å². The van der Waals surface area contributed by atoms with Gasteiger partial charge in [0.05, 0.1) is 43.5 Å². The number of nitro benzene ring substituents is 1. The zero-order chi connectivity index (χ0) is 24.1. The van der Waals surface area contributed by atoms with Crippen LogP contribution < -0.4 is 4.74 Å². The Bertz CT molecular complexity index is 1110. The number of carbonyl (C=O) groups is 2. The molecule has 1 saturated heterocycles. The van der Waals surface area contributed by atoms with Gasteiger partial charge in [0.2, 0.25) is 0 Å². The third kappa shape index (κ3) is 4.78. The largest absolute Gasteiger partial charge is 0.507 e. The third-order valence-corrected chi connectivity index (χ3v) is 5.10. The summed E-state index contributed by atoms with van der Waals surface area (Å²) in [4.78, 5) is 37.5. The maximum atomic E-state index is 12.9. The number of non-ortho nitro benzene ring substituents is 1. The Morgan fingerprint density at radius 3 is 2.61 bits per heavy atom. The van der Waals surface area contributed by atoms with Gasteiger partial charge in [-0.2, -0.15) is 0 Å². The molecule has 2 aromatic rings. The number of ether oxygens (including phenoxy) is 2. The maximum absolute atomic E-state index is 12.9. The van der Waals surface area contributed by atoms with Crippen LogP contribution in [-0.4, -0.2) is 70.3 Å². The highest BCUT2D eigenvalue weighted by Gasteiger charge is 2.46. The molecule has 1 atom stereocenters. The molecule has 0 saturated carbocycles. The SMILES string of the molecule is COc1cc(C2C(=C(O)c3cccc([N+](=O)[O-])c3)C(=O)C(=O)N2CCOCCO)ccc1O. The number of ketones is 1. The predicted molar refractivity (Wildman–Crippen MR) is 115 cm³/mol. The fourth-order valence-corrected chi connectivity index (χ4v) is 3.57. The van der Waals surface area contributed by atoms with Gasteiger partial charge in [-0.3, -0.25) is 19.7 Å². The molecule has 0 aromatic heterocycles. The first-order valence-corrected chi connectivity index (χ1v) is 9.88. The standard InChI is InChI=1S/C22H22N2O9/c1-32-17-12-13(5-6-16(17)26)19-18(20(27)14-3-2-4-15(11-14)24(30)31)21(28)22(29)23(19)7-9-33-10-8-25/h2-6,11-12,19,25-27H,7-10H2,1H3. The summed E-state index contributed by atoms with van der Waals surface area (Å²) in [6.45, 7) is -0.209. The number of nitro groups is 1. The van der Waals surface area contributed by atoms with Crippen molar-refractivity contribution in [2.45, 2.75) is 6.04 Å². The summed E-state index contributed by atoms with van der Waals surface area (Å²) in [6, 6.07) is 8.21. The number of carbonyl (C=O) groups excluding carboxylic acids is 2. The lowest BCUT2D eigenvalue weighted by atomic mass is 9.95. The van der Waals surface area contributed by atoms with Crippen LogP contribution in [0, 0.1) is 10.1 Å². The van der Waals surface area contributed by atoms with Crippen molar-refractivity contribution >= 4 is 23.1 Å². The van der Waals surface area contributed by atoms with Gasteiger partial charge in [-0.25, -0.2) is 0 Å². The van der Waals surface area contributed by atoms with E-state index in [0.29, 0.717) is 5.56 Å². The van der Waals surface area contributed by atoms with E-state index in [2.05, 4.69) is 0 Å². The Balaban J connectivity index is 2.14. The summed E-state index contributed by atoms with van der Waals surface area (Å²) in [5, 5.41) is 40.9. The average Bonchev–Trinajstić information content (AvgIpc) is 3.06. The lowest BCUT2D eigenvalue weighted by Gasteiger charge is -2.25. The van der Waals surface area contributed by atoms with Gasteiger partial charge >= 0.3 is 0 Å². The van der Waals surface area contributed by atoms with Crippen molar-refractivity contribution in [2.24, 2.45) is 0 Å². The van der Waals surface area contributed by atoms with Crippen LogP contribution in [0.4, 0.5) is 5.69 Å². The number of aliphatic hydroxyl groups is 2. The normalized spacial score (nSPS) is 17.4. The molecule has 1 unspecified atom stereocenters. The minimum absolute atomic E-state index is 0.00512. The van der Waals surface area contributed by atoms with Crippen molar-refractivity contribution in [1.82, 2.24) is 4.90 Å². The lowest BCUT2D eigenvalue weighted by Crippen LogP contribution is -2.33. The van der Waals surface area contributed by atoms with Gasteiger partial charge < -0.3 is 29.7 Å². The molecule has 3 N–H and O–H groups in total. The summed E-state index contributed by atoms with van der Waals surface area (Å²) in [5.74, 6) is -2.52. The molecular formula is C22H22N2O9. The summed E-state index contributed by atoms with van der Waals surface area (Å²) < 4.78 is 10.4. The Labute approximate surface area is 188 Å². The first-order chi connectivity index (χ1) is 15.8. The zero-order valence-corrected chi connectivity index (χ0v) is 17.6. The third-order valence-electron chi connectivity index (χ3n) is 5.10. The van der Waals surface area contributed by atoms with Gasteiger partial charge in [0.15, 0.2) is 11.5 Å². The molecule has 0 radical (unpaired) electrons. The van der Waals surface area contributed by atoms with Crippen LogP contribution in [0.5, 0.6) is 11.5 Å². The number of nitrogens with zero attached hydrogens (tertiary/aromatic N) is 2. The number of Topliss-reactive ketones (excluding diaryl/α,β-unsaturated/α-hetero) is 1. The fraction of sp³-hybridized carbons (Fsp3) is 0.273. The summed E-state index contributed by atoms with van der Waals surface area (Å²) in [7, 11) is 1.33. The second-order valence-electron chi connectivity index (χ2n) is 7.07. The quantitative estimate of drug-likeness (QED) is 0.127. The Morgan fingerprint density at radius 1 is 1.18 bits per heavy atom.